The number of hydrogen-bond acceptors (Lipinski definition) is 3. The van der Waals surface area contributed by atoms with Crippen LogP contribution in [0.2, 0.25) is 0 Å². The van der Waals surface area contributed by atoms with Crippen LogP contribution in [0.15, 0.2) is 0 Å². The van der Waals surface area contributed by atoms with Crippen LogP contribution in [0.1, 0.15) is 38.5 Å². The van der Waals surface area contributed by atoms with Crippen LogP contribution in [0.3, 0.4) is 0 Å². The number of fused-ring (bicyclic) bond motifs is 2. The zero-order valence-electron chi connectivity index (χ0n) is 11.8. The molecule has 3 N–H and O–H groups in total. The number of carboxylic acid groups (broad SMARTS) is 1. The molecule has 1 heterocycles. The first-order valence-electron chi connectivity index (χ1n) is 7.88. The van der Waals surface area contributed by atoms with Gasteiger partial charge in [-0.15, -0.1) is 0 Å². The summed E-state index contributed by atoms with van der Waals surface area (Å²) in [5.41, 5.74) is 0. The molecule has 1 amide bonds. The minimum atomic E-state index is -0.734. The van der Waals surface area contributed by atoms with Crippen molar-refractivity contribution in [1.29, 1.82) is 0 Å². The van der Waals surface area contributed by atoms with Crippen LogP contribution >= 0.6 is 0 Å². The third-order valence-corrected chi connectivity index (χ3v) is 5.47. The first-order chi connectivity index (χ1) is 9.65. The maximum Gasteiger partial charge on any atom is 0.308 e. The molecule has 2 bridgehead atoms. The van der Waals surface area contributed by atoms with Gasteiger partial charge in [0.25, 0.3) is 0 Å². The second-order valence-electron chi connectivity index (χ2n) is 6.69. The highest BCUT2D eigenvalue weighted by atomic mass is 16.4. The van der Waals surface area contributed by atoms with E-state index in [1.54, 1.807) is 0 Å². The zero-order chi connectivity index (χ0) is 14.1. The van der Waals surface area contributed by atoms with E-state index < -0.39 is 5.97 Å². The Balaban J connectivity index is 1.51. The van der Waals surface area contributed by atoms with Gasteiger partial charge in [0.15, 0.2) is 0 Å². The monoisotopic (exact) mass is 280 g/mol. The van der Waals surface area contributed by atoms with E-state index in [2.05, 4.69) is 10.6 Å². The summed E-state index contributed by atoms with van der Waals surface area (Å²) in [6, 6.07) is -0.125. The molecular formula is C15H24N2O3. The Morgan fingerprint density at radius 3 is 2.70 bits per heavy atom. The van der Waals surface area contributed by atoms with Gasteiger partial charge in [-0.25, -0.2) is 0 Å². The van der Waals surface area contributed by atoms with Crippen LogP contribution in [0.25, 0.3) is 0 Å². The molecule has 1 saturated heterocycles. The molecule has 5 unspecified atom stereocenters. The van der Waals surface area contributed by atoms with Gasteiger partial charge in [0.05, 0.1) is 5.92 Å². The predicted octanol–water partition coefficient (Wildman–Crippen LogP) is 0.992. The lowest BCUT2D eigenvalue weighted by Crippen LogP contribution is -2.46. The molecule has 2 saturated carbocycles. The molecule has 112 valence electrons. The van der Waals surface area contributed by atoms with Gasteiger partial charge in [-0.2, -0.15) is 0 Å². The Morgan fingerprint density at radius 1 is 1.20 bits per heavy atom. The van der Waals surface area contributed by atoms with E-state index in [0.29, 0.717) is 18.3 Å². The molecule has 0 aromatic rings. The van der Waals surface area contributed by atoms with E-state index >= 15 is 0 Å². The van der Waals surface area contributed by atoms with E-state index in [1.165, 1.54) is 0 Å². The van der Waals surface area contributed by atoms with Crippen molar-refractivity contribution >= 4 is 11.9 Å². The van der Waals surface area contributed by atoms with Gasteiger partial charge in [-0.05, 0) is 62.9 Å². The standard InChI is InChI=1S/C15H24N2O3/c18-12(4-1-9-5-6-16-8-9)17-14-11-3-2-10(7-11)13(14)15(19)20/h9-11,13-14,16H,1-8H2,(H,17,18)(H,19,20). The van der Waals surface area contributed by atoms with Crippen molar-refractivity contribution in [3.63, 3.8) is 0 Å². The number of rotatable bonds is 5. The van der Waals surface area contributed by atoms with Gasteiger partial charge in [0.2, 0.25) is 5.91 Å². The topological polar surface area (TPSA) is 78.4 Å². The van der Waals surface area contributed by atoms with E-state index in [1.807, 2.05) is 0 Å². The van der Waals surface area contributed by atoms with Crippen molar-refractivity contribution in [3.05, 3.63) is 0 Å². The second-order valence-corrected chi connectivity index (χ2v) is 6.69. The van der Waals surface area contributed by atoms with Crippen molar-refractivity contribution < 1.29 is 14.7 Å². The molecule has 5 nitrogen and oxygen atoms in total. The lowest BCUT2D eigenvalue weighted by Gasteiger charge is -2.29. The summed E-state index contributed by atoms with van der Waals surface area (Å²) in [6.45, 7) is 2.07. The minimum Gasteiger partial charge on any atom is -0.481 e. The summed E-state index contributed by atoms with van der Waals surface area (Å²) < 4.78 is 0. The first kappa shape index (κ1) is 13.9. The molecule has 0 aromatic carbocycles. The predicted molar refractivity (Wildman–Crippen MR) is 74.1 cm³/mol. The first-order valence-corrected chi connectivity index (χ1v) is 7.88. The third kappa shape index (κ3) is 2.68. The Kier molecular flexibility index (Phi) is 3.96. The summed E-state index contributed by atoms with van der Waals surface area (Å²) in [7, 11) is 0. The van der Waals surface area contributed by atoms with Crippen molar-refractivity contribution in [2.45, 2.75) is 44.6 Å². The van der Waals surface area contributed by atoms with Gasteiger partial charge < -0.3 is 15.7 Å². The fourth-order valence-electron chi connectivity index (χ4n) is 4.41. The lowest BCUT2D eigenvalue weighted by atomic mass is 9.84. The van der Waals surface area contributed by atoms with Crippen LogP contribution in [0, 0.1) is 23.7 Å². The Morgan fingerprint density at radius 2 is 2.00 bits per heavy atom. The number of carboxylic acids is 1. The van der Waals surface area contributed by atoms with Crippen LogP contribution in [0.4, 0.5) is 0 Å². The van der Waals surface area contributed by atoms with E-state index in [0.717, 1.165) is 45.2 Å². The molecule has 0 spiro atoms. The Hall–Kier alpha value is -1.10. The van der Waals surface area contributed by atoms with Gasteiger partial charge in [-0.3, -0.25) is 9.59 Å². The summed E-state index contributed by atoms with van der Waals surface area (Å²) in [4.78, 5) is 23.5. The fourth-order valence-corrected chi connectivity index (χ4v) is 4.41. The quantitative estimate of drug-likeness (QED) is 0.702. The molecule has 5 heteroatoms. The van der Waals surface area contributed by atoms with Gasteiger partial charge in [0, 0.05) is 12.5 Å². The molecule has 0 radical (unpaired) electrons. The zero-order valence-corrected chi connectivity index (χ0v) is 11.8. The maximum absolute atomic E-state index is 12.1. The summed E-state index contributed by atoms with van der Waals surface area (Å²) in [5.74, 6) is 0.227. The van der Waals surface area contributed by atoms with E-state index in [-0.39, 0.29) is 23.8 Å². The summed E-state index contributed by atoms with van der Waals surface area (Å²) in [6.07, 6.45) is 5.67. The Bertz CT molecular complexity index is 393. The van der Waals surface area contributed by atoms with Crippen molar-refractivity contribution in [2.75, 3.05) is 13.1 Å². The number of carbonyl (C=O) groups excluding carboxylic acids is 1. The van der Waals surface area contributed by atoms with Crippen molar-refractivity contribution in [2.24, 2.45) is 23.7 Å². The molecule has 3 aliphatic rings. The van der Waals surface area contributed by atoms with Gasteiger partial charge >= 0.3 is 5.97 Å². The van der Waals surface area contributed by atoms with Crippen LogP contribution in [0.5, 0.6) is 0 Å². The third-order valence-electron chi connectivity index (χ3n) is 5.47. The molecule has 20 heavy (non-hydrogen) atoms. The molecule has 2 aliphatic carbocycles. The normalized spacial score (nSPS) is 39.1. The van der Waals surface area contributed by atoms with E-state index in [9.17, 15) is 14.7 Å². The molecule has 0 aromatic heterocycles. The summed E-state index contributed by atoms with van der Waals surface area (Å²) in [5, 5.41) is 15.7. The maximum atomic E-state index is 12.1. The van der Waals surface area contributed by atoms with Gasteiger partial charge in [0.1, 0.15) is 0 Å². The molecule has 3 rings (SSSR count). The van der Waals surface area contributed by atoms with Crippen LogP contribution in [-0.4, -0.2) is 36.1 Å². The highest BCUT2D eigenvalue weighted by Gasteiger charge is 2.51. The highest BCUT2D eigenvalue weighted by molar-refractivity contribution is 5.78. The number of carbonyl (C=O) groups is 2. The largest absolute Gasteiger partial charge is 0.481 e. The molecule has 5 atom stereocenters. The average molecular weight is 280 g/mol. The molecule has 1 aliphatic heterocycles. The lowest BCUT2D eigenvalue weighted by molar-refractivity contribution is -0.144. The number of hydrogen-bond donors (Lipinski definition) is 3. The summed E-state index contributed by atoms with van der Waals surface area (Å²) >= 11 is 0. The van der Waals surface area contributed by atoms with Crippen molar-refractivity contribution in [1.82, 2.24) is 10.6 Å². The van der Waals surface area contributed by atoms with Crippen LogP contribution < -0.4 is 10.6 Å². The van der Waals surface area contributed by atoms with Crippen LogP contribution in [-0.2, 0) is 9.59 Å². The second kappa shape index (κ2) is 5.72. The number of nitrogens with one attached hydrogen (secondary N) is 2. The SMILES string of the molecule is O=C(CCC1CCNC1)NC1C2CCC(C2)C1C(=O)O. The fraction of sp³-hybridized carbons (Fsp3) is 0.867. The number of aliphatic carboxylic acids is 1. The van der Waals surface area contributed by atoms with E-state index in [4.69, 9.17) is 0 Å². The Labute approximate surface area is 119 Å². The van der Waals surface area contributed by atoms with Crippen molar-refractivity contribution in [3.8, 4) is 0 Å². The minimum absolute atomic E-state index is 0.0423. The molecule has 3 fully saturated rings. The number of amides is 1. The smallest absolute Gasteiger partial charge is 0.308 e. The van der Waals surface area contributed by atoms with Gasteiger partial charge in [-0.1, -0.05) is 0 Å². The highest BCUT2D eigenvalue weighted by Crippen LogP contribution is 2.48. The average Bonchev–Trinajstić information content (AvgIpc) is 3.12. The molecular weight excluding hydrogens is 256 g/mol.